The Morgan fingerprint density at radius 2 is 1.16 bits per heavy atom. The number of ether oxygens (including phenoxy) is 6. The van der Waals surface area contributed by atoms with Gasteiger partial charge in [0.15, 0.2) is 12.6 Å². The number of hydrogen-bond donors (Lipinski definition) is 12. The van der Waals surface area contributed by atoms with Crippen LogP contribution in [0.2, 0.25) is 0 Å². The Labute approximate surface area is 391 Å². The van der Waals surface area contributed by atoms with Gasteiger partial charge < -0.3 is 89.7 Å². The maximum Gasteiger partial charge on any atom is 0.309 e. The zero-order valence-electron chi connectivity index (χ0n) is 39.7. The fourth-order valence-corrected chi connectivity index (χ4v) is 14.4. The van der Waals surface area contributed by atoms with E-state index in [-0.39, 0.29) is 17.3 Å². The molecule has 382 valence electrons. The second-order valence-corrected chi connectivity index (χ2v) is 23.1. The summed E-state index contributed by atoms with van der Waals surface area (Å²) < 4.78 is 37.4. The van der Waals surface area contributed by atoms with Gasteiger partial charge in [0.25, 0.3) is 0 Å². The van der Waals surface area contributed by atoms with Crippen LogP contribution in [0.3, 0.4) is 0 Å². The molecule has 5 aliphatic carbocycles. The molecule has 0 bridgehead atoms. The summed E-state index contributed by atoms with van der Waals surface area (Å²) in [6, 6.07) is 0. The van der Waals surface area contributed by atoms with E-state index in [9.17, 15) is 66.1 Å². The van der Waals surface area contributed by atoms with E-state index in [4.69, 9.17) is 28.4 Å². The van der Waals surface area contributed by atoms with Crippen LogP contribution in [0.1, 0.15) is 106 Å². The van der Waals surface area contributed by atoms with Crippen LogP contribution in [0, 0.1) is 44.3 Å². The molecule has 0 aromatic heterocycles. The minimum Gasteiger partial charge on any atom is -0.481 e. The molecular weight excluding hydrogens is 881 g/mol. The molecule has 12 N–H and O–H groups in total. The lowest BCUT2D eigenvalue weighted by Crippen LogP contribution is -2.67. The average molecular weight is 957 g/mol. The van der Waals surface area contributed by atoms with Crippen molar-refractivity contribution in [3.05, 3.63) is 23.0 Å². The Morgan fingerprint density at radius 3 is 1.75 bits per heavy atom. The third-order valence-corrected chi connectivity index (χ3v) is 19.0. The molecule has 3 heterocycles. The van der Waals surface area contributed by atoms with Crippen LogP contribution in [0.15, 0.2) is 23.0 Å². The number of aliphatic hydroxyl groups excluding tert-OH is 11. The monoisotopic (exact) mass is 956 g/mol. The Bertz CT molecular complexity index is 1910. The van der Waals surface area contributed by atoms with Gasteiger partial charge in [-0.2, -0.15) is 0 Å². The predicted octanol–water partition coefficient (Wildman–Crippen LogP) is -0.0537. The quantitative estimate of drug-likeness (QED) is 0.128. The summed E-state index contributed by atoms with van der Waals surface area (Å²) >= 11 is 0. The topological polar surface area (TPSA) is 315 Å². The third-order valence-electron chi connectivity index (χ3n) is 19.0. The molecule has 0 radical (unpaired) electrons. The van der Waals surface area contributed by atoms with E-state index >= 15 is 0 Å². The van der Waals surface area contributed by atoms with E-state index in [1.54, 1.807) is 6.92 Å². The van der Waals surface area contributed by atoms with E-state index in [0.717, 1.165) is 24.0 Å². The van der Waals surface area contributed by atoms with Crippen molar-refractivity contribution >= 4 is 5.97 Å². The first-order valence-electron chi connectivity index (χ1n) is 24.2. The van der Waals surface area contributed by atoms with Gasteiger partial charge in [-0.1, -0.05) is 47.1 Å². The molecule has 6 fully saturated rings. The number of aliphatic carboxylic acids is 1. The van der Waals surface area contributed by atoms with Crippen molar-refractivity contribution in [3.63, 3.8) is 0 Å². The molecule has 19 heteroatoms. The highest BCUT2D eigenvalue weighted by Gasteiger charge is 2.70. The normalized spacial score (nSPS) is 53.1. The van der Waals surface area contributed by atoms with Gasteiger partial charge in [-0.15, -0.1) is 0 Å². The molecule has 3 aliphatic heterocycles. The number of allylic oxidation sites excluding steroid dienone is 4. The molecule has 3 saturated carbocycles. The van der Waals surface area contributed by atoms with Crippen molar-refractivity contribution < 1.29 is 94.5 Å². The maximum atomic E-state index is 12.8. The molecule has 0 unspecified atom stereocenters. The lowest BCUT2D eigenvalue weighted by molar-refractivity contribution is -0.378. The van der Waals surface area contributed by atoms with Gasteiger partial charge in [0.2, 0.25) is 6.29 Å². The van der Waals surface area contributed by atoms with Gasteiger partial charge >= 0.3 is 5.97 Å². The molecule has 19 nitrogen and oxygen atoms in total. The van der Waals surface area contributed by atoms with E-state index in [2.05, 4.69) is 41.5 Å². The van der Waals surface area contributed by atoms with Crippen molar-refractivity contribution in [3.8, 4) is 0 Å². The minimum atomic E-state index is -1.83. The van der Waals surface area contributed by atoms with Crippen LogP contribution in [0.25, 0.3) is 0 Å². The molecule has 8 aliphatic rings. The van der Waals surface area contributed by atoms with Gasteiger partial charge in [0.1, 0.15) is 79.0 Å². The van der Waals surface area contributed by atoms with Gasteiger partial charge in [-0.05, 0) is 109 Å². The number of hydrogen-bond acceptors (Lipinski definition) is 18. The Hall–Kier alpha value is -1.89. The molecule has 0 aromatic rings. The highest BCUT2D eigenvalue weighted by molar-refractivity contribution is 5.75. The van der Waals surface area contributed by atoms with Crippen LogP contribution in [0.4, 0.5) is 0 Å². The zero-order chi connectivity index (χ0) is 49.1. The first-order chi connectivity index (χ1) is 31.3. The average Bonchev–Trinajstić information content (AvgIpc) is 3.28. The summed E-state index contributed by atoms with van der Waals surface area (Å²) in [5.74, 6) is -0.836. The lowest BCUT2D eigenvalue weighted by atomic mass is 9.35. The summed E-state index contributed by atoms with van der Waals surface area (Å²) in [6.07, 6.45) is -16.7. The van der Waals surface area contributed by atoms with Crippen molar-refractivity contribution in [2.75, 3.05) is 19.8 Å². The van der Waals surface area contributed by atoms with Crippen LogP contribution >= 0.6 is 0 Å². The van der Waals surface area contributed by atoms with E-state index < -0.39 is 151 Å². The maximum absolute atomic E-state index is 12.8. The number of carboxylic acids is 1. The largest absolute Gasteiger partial charge is 0.481 e. The van der Waals surface area contributed by atoms with Gasteiger partial charge in [0, 0.05) is 5.92 Å². The Kier molecular flexibility index (Phi) is 13.8. The fourth-order valence-electron chi connectivity index (χ4n) is 14.4. The van der Waals surface area contributed by atoms with E-state index in [0.29, 0.717) is 50.7 Å². The molecule has 3 saturated heterocycles. The SMILES string of the molecule is CC1(C)[C@@H](O[C@@H]2O[C@H](CO)[C@@H](O)[C@H](O)[C@H]2O[C@@H]2O[C@H](CO)[C@H](O)[C@H](O)[C@H]2O)CC[C@]2(C)[C@H]3C(O[C@H]4O[C@H](CO)[C@H](O)[C@H](O)[C@H]4O)=CC4=C5C[C@@](C)(C(=O)O)CC[C@]5(C)CC[C@@]4(C)[C@]3(C)CC[C@@H]12. The first kappa shape index (κ1) is 51.5. The van der Waals surface area contributed by atoms with Crippen molar-refractivity contribution in [2.24, 2.45) is 44.3 Å². The first-order valence-corrected chi connectivity index (χ1v) is 24.2. The van der Waals surface area contributed by atoms with Gasteiger partial charge in [-0.3, -0.25) is 4.79 Å². The zero-order valence-corrected chi connectivity index (χ0v) is 39.7. The summed E-state index contributed by atoms with van der Waals surface area (Å²) in [5, 5.41) is 128. The molecule has 0 aromatic carbocycles. The van der Waals surface area contributed by atoms with Crippen LogP contribution in [0.5, 0.6) is 0 Å². The van der Waals surface area contributed by atoms with E-state index in [1.165, 1.54) is 0 Å². The molecule has 23 atom stereocenters. The highest BCUT2D eigenvalue weighted by atomic mass is 16.8. The predicted molar refractivity (Wildman–Crippen MR) is 232 cm³/mol. The number of carbonyl (C=O) groups is 1. The number of rotatable bonds is 10. The lowest BCUT2D eigenvalue weighted by Gasteiger charge is -2.70. The second-order valence-electron chi connectivity index (χ2n) is 23.1. The number of fused-ring (bicyclic) bond motifs is 6. The smallest absolute Gasteiger partial charge is 0.309 e. The van der Waals surface area contributed by atoms with E-state index in [1.807, 2.05) is 6.08 Å². The molecule has 67 heavy (non-hydrogen) atoms. The summed E-state index contributed by atoms with van der Waals surface area (Å²) in [6.45, 7) is 12.9. The highest BCUT2D eigenvalue weighted by Crippen LogP contribution is 2.76. The number of aliphatic hydroxyl groups is 11. The Morgan fingerprint density at radius 1 is 0.627 bits per heavy atom. The van der Waals surface area contributed by atoms with Crippen molar-refractivity contribution in [1.29, 1.82) is 0 Å². The standard InChI is InChI=1S/C48H76O19/c1-43(2)27-8-11-48(7)38(46(27,5)10-9-28(43)66-41-37(34(57)31(54)26(20-51)65-41)67-40-36(59)33(56)30(53)25(19-50)64-40)23(62-39-35(58)32(55)29(52)24(18-49)63-39)16-21-22-17-45(4,42(60)61)13-12-44(22,3)14-15-47(21,48)6/h16,24-41,49-59H,8-15,17-20H2,1-7H3,(H,60,61)/t24-,25-,26-,27+,28+,29+,30+,31-,32+,33+,34+,35-,36-,37-,38-,39+,40+,41+,44-,45+,46+,47-,48-/m1/s1. The molecule has 8 rings (SSSR count). The third kappa shape index (κ3) is 7.97. The molecule has 0 amide bonds. The van der Waals surface area contributed by atoms with Crippen LogP contribution in [-0.2, 0) is 33.2 Å². The molecular formula is C48H76O19. The minimum absolute atomic E-state index is 0.118. The summed E-state index contributed by atoms with van der Waals surface area (Å²) in [5.41, 5.74) is -1.39. The number of carboxylic acid groups (broad SMARTS) is 1. The fraction of sp³-hybridized carbons (Fsp3) is 0.896. The van der Waals surface area contributed by atoms with Gasteiger partial charge in [0.05, 0.1) is 31.3 Å². The summed E-state index contributed by atoms with van der Waals surface area (Å²) in [4.78, 5) is 12.8. The second kappa shape index (κ2) is 18.0. The van der Waals surface area contributed by atoms with Crippen LogP contribution in [-0.4, -0.2) is 185 Å². The van der Waals surface area contributed by atoms with Crippen LogP contribution < -0.4 is 0 Å². The van der Waals surface area contributed by atoms with Crippen molar-refractivity contribution in [1.82, 2.24) is 0 Å². The molecule has 0 spiro atoms. The van der Waals surface area contributed by atoms with Crippen molar-refractivity contribution in [2.45, 2.75) is 204 Å². The van der Waals surface area contributed by atoms with Gasteiger partial charge in [-0.25, -0.2) is 0 Å². The summed E-state index contributed by atoms with van der Waals surface area (Å²) in [7, 11) is 0. The Balaban J connectivity index is 1.17.